The molecule has 156 valence electrons. The number of hydrogen-bond donors (Lipinski definition) is 2. The lowest BCUT2D eigenvalue weighted by Gasteiger charge is -2.31. The van der Waals surface area contributed by atoms with Crippen LogP contribution < -0.4 is 10.6 Å². The van der Waals surface area contributed by atoms with E-state index < -0.39 is 10.8 Å². The quantitative estimate of drug-likeness (QED) is 0.333. The van der Waals surface area contributed by atoms with E-state index in [0.29, 0.717) is 11.3 Å². The minimum atomic E-state index is -0.707. The van der Waals surface area contributed by atoms with Crippen molar-refractivity contribution in [1.82, 2.24) is 25.3 Å². The maximum Gasteiger partial charge on any atom is 0.191 e. The predicted octanol–water partition coefficient (Wildman–Crippen LogP) is 1.89. The van der Waals surface area contributed by atoms with Crippen LogP contribution in [0.15, 0.2) is 17.4 Å². The van der Waals surface area contributed by atoms with Crippen LogP contribution in [0.1, 0.15) is 44.2 Å². The molecule has 0 bridgehead atoms. The van der Waals surface area contributed by atoms with Crippen molar-refractivity contribution in [3.05, 3.63) is 18.0 Å². The summed E-state index contributed by atoms with van der Waals surface area (Å²) in [4.78, 5) is 6.56. The van der Waals surface area contributed by atoms with Crippen molar-refractivity contribution in [2.24, 2.45) is 12.0 Å². The molecule has 27 heavy (non-hydrogen) atoms. The fourth-order valence-electron chi connectivity index (χ4n) is 3.54. The molecule has 0 spiro atoms. The maximum atomic E-state index is 12.1. The average molecular weight is 510 g/mol. The lowest BCUT2D eigenvalue weighted by Crippen LogP contribution is -2.48. The van der Waals surface area contributed by atoms with Crippen LogP contribution in [0.2, 0.25) is 0 Å². The number of nitrogens with one attached hydrogen (secondary N) is 2. The molecule has 0 aliphatic heterocycles. The normalized spacial score (nSPS) is 22.8. The summed E-state index contributed by atoms with van der Waals surface area (Å²) < 4.78 is 14.0. The van der Waals surface area contributed by atoms with Crippen molar-refractivity contribution < 1.29 is 4.21 Å². The van der Waals surface area contributed by atoms with E-state index in [1.807, 2.05) is 31.0 Å². The first-order valence-electron chi connectivity index (χ1n) is 9.43. The molecule has 0 radical (unpaired) electrons. The fourth-order valence-corrected chi connectivity index (χ4v) is 4.89. The van der Waals surface area contributed by atoms with Crippen LogP contribution in [0.4, 0.5) is 0 Å². The Kier molecular flexibility index (Phi) is 10.8. The van der Waals surface area contributed by atoms with E-state index in [-0.39, 0.29) is 30.0 Å². The first-order chi connectivity index (χ1) is 12.4. The molecule has 0 aromatic carbocycles. The molecule has 2 N–H and O–H groups in total. The second-order valence-electron chi connectivity index (χ2n) is 7.18. The molecule has 2 rings (SSSR count). The molecular formula is C18H35IN6OS. The number of rotatable bonds is 7. The molecule has 9 heteroatoms. The van der Waals surface area contributed by atoms with Crippen LogP contribution in [0.25, 0.3) is 0 Å². The van der Waals surface area contributed by atoms with E-state index in [1.54, 1.807) is 7.05 Å². The Labute approximate surface area is 183 Å². The Balaban J connectivity index is 0.00000364. The molecule has 4 atom stereocenters. The van der Waals surface area contributed by atoms with Gasteiger partial charge in [0.1, 0.15) is 0 Å². The van der Waals surface area contributed by atoms with Crippen LogP contribution >= 0.6 is 24.0 Å². The average Bonchev–Trinajstić information content (AvgIpc) is 3.06. The molecule has 0 amide bonds. The van der Waals surface area contributed by atoms with Crippen LogP contribution in [0, 0.1) is 0 Å². The second kappa shape index (κ2) is 12.0. The second-order valence-corrected chi connectivity index (χ2v) is 9.18. The Bertz CT molecular complexity index is 621. The molecular weight excluding hydrogens is 475 g/mol. The summed E-state index contributed by atoms with van der Waals surface area (Å²) in [6.45, 7) is 2.75. The van der Waals surface area contributed by atoms with Gasteiger partial charge in [-0.2, -0.15) is 5.10 Å². The summed E-state index contributed by atoms with van der Waals surface area (Å²) in [5, 5.41) is 11.6. The molecule has 1 aromatic rings. The highest BCUT2D eigenvalue weighted by molar-refractivity contribution is 14.0. The summed E-state index contributed by atoms with van der Waals surface area (Å²) in [7, 11) is 7.17. The van der Waals surface area contributed by atoms with Crippen LogP contribution in [0.5, 0.6) is 0 Å². The molecule has 7 nitrogen and oxygen atoms in total. The van der Waals surface area contributed by atoms with Crippen LogP contribution in [-0.4, -0.2) is 69.6 Å². The number of aromatic nitrogens is 2. The number of guanidine groups is 1. The number of halogens is 1. The predicted molar refractivity (Wildman–Crippen MR) is 124 cm³/mol. The van der Waals surface area contributed by atoms with Gasteiger partial charge >= 0.3 is 0 Å². The van der Waals surface area contributed by atoms with E-state index in [1.165, 1.54) is 5.56 Å². The number of likely N-dealkylation sites (N-methyl/N-ethyl adjacent to an activating group) is 1. The van der Waals surface area contributed by atoms with Gasteiger partial charge in [0, 0.05) is 60.2 Å². The fraction of sp³-hybridized carbons (Fsp3) is 0.778. The van der Waals surface area contributed by atoms with E-state index >= 15 is 0 Å². The summed E-state index contributed by atoms with van der Waals surface area (Å²) in [5.74, 6) is 1.56. The summed E-state index contributed by atoms with van der Waals surface area (Å²) in [5.41, 5.74) is 1.18. The minimum absolute atomic E-state index is 0. The highest BCUT2D eigenvalue weighted by Crippen LogP contribution is 2.23. The third kappa shape index (κ3) is 7.34. The lowest BCUT2D eigenvalue weighted by molar-refractivity contribution is 0.297. The van der Waals surface area contributed by atoms with Crippen LogP contribution in [-0.2, 0) is 17.8 Å². The lowest BCUT2D eigenvalue weighted by atomic mass is 9.95. The summed E-state index contributed by atoms with van der Waals surface area (Å²) in [6, 6.07) is 0.556. The van der Waals surface area contributed by atoms with E-state index in [2.05, 4.69) is 39.7 Å². The van der Waals surface area contributed by atoms with Gasteiger partial charge in [0.15, 0.2) is 5.96 Å². The van der Waals surface area contributed by atoms with Gasteiger partial charge in [0.2, 0.25) is 0 Å². The summed E-state index contributed by atoms with van der Waals surface area (Å²) >= 11 is 0. The van der Waals surface area contributed by atoms with E-state index in [4.69, 9.17) is 0 Å². The molecule has 1 saturated carbocycles. The third-order valence-electron chi connectivity index (χ3n) is 5.04. The monoisotopic (exact) mass is 510 g/mol. The molecule has 1 heterocycles. The van der Waals surface area contributed by atoms with E-state index in [9.17, 15) is 4.21 Å². The highest BCUT2D eigenvalue weighted by Gasteiger charge is 2.26. The molecule has 4 unspecified atom stereocenters. The molecule has 1 aromatic heterocycles. The first-order valence-corrected chi connectivity index (χ1v) is 10.8. The van der Waals surface area contributed by atoms with Crippen molar-refractivity contribution >= 4 is 40.7 Å². The number of aliphatic imine (C=N–C) groups is 1. The van der Waals surface area contributed by atoms with Gasteiger partial charge in [-0.15, -0.1) is 24.0 Å². The zero-order valence-corrected chi connectivity index (χ0v) is 20.3. The van der Waals surface area contributed by atoms with Gasteiger partial charge in [0.25, 0.3) is 0 Å². The van der Waals surface area contributed by atoms with Crippen molar-refractivity contribution in [2.45, 2.75) is 49.9 Å². The smallest absolute Gasteiger partial charge is 0.191 e. The van der Waals surface area contributed by atoms with Gasteiger partial charge in [-0.3, -0.25) is 13.9 Å². The molecule has 1 fully saturated rings. The SMILES string of the molecule is CCS(=O)C1CCCC(NC(=NC)NCC(c2cnn(C)c2)N(C)C)C1.I. The van der Waals surface area contributed by atoms with Crippen molar-refractivity contribution in [2.75, 3.05) is 33.4 Å². The van der Waals surface area contributed by atoms with Gasteiger partial charge in [-0.25, -0.2) is 0 Å². The van der Waals surface area contributed by atoms with Crippen molar-refractivity contribution in [1.29, 1.82) is 0 Å². The molecule has 1 aliphatic rings. The Morgan fingerprint density at radius 1 is 1.48 bits per heavy atom. The Morgan fingerprint density at radius 2 is 2.22 bits per heavy atom. The topological polar surface area (TPSA) is 74.5 Å². The minimum Gasteiger partial charge on any atom is -0.354 e. The molecule has 1 aliphatic carbocycles. The third-order valence-corrected chi connectivity index (χ3v) is 6.78. The molecule has 0 saturated heterocycles. The summed E-state index contributed by atoms with van der Waals surface area (Å²) in [6.07, 6.45) is 8.23. The highest BCUT2D eigenvalue weighted by atomic mass is 127. The number of aryl methyl sites for hydroxylation is 1. The largest absolute Gasteiger partial charge is 0.354 e. The van der Waals surface area contributed by atoms with Gasteiger partial charge < -0.3 is 15.5 Å². The maximum absolute atomic E-state index is 12.1. The first kappa shape index (κ1) is 24.4. The van der Waals surface area contributed by atoms with Crippen LogP contribution in [0.3, 0.4) is 0 Å². The number of hydrogen-bond acceptors (Lipinski definition) is 4. The zero-order chi connectivity index (χ0) is 19.1. The zero-order valence-electron chi connectivity index (χ0n) is 17.1. The van der Waals surface area contributed by atoms with Gasteiger partial charge in [-0.05, 0) is 33.4 Å². The van der Waals surface area contributed by atoms with Crippen molar-refractivity contribution in [3.8, 4) is 0 Å². The van der Waals surface area contributed by atoms with Gasteiger partial charge in [0.05, 0.1) is 12.2 Å². The standard InChI is InChI=1S/C18H34N6OS.HI/c1-6-26(25)16-9-7-8-15(10-16)22-18(19-2)20-12-17(23(3)4)14-11-21-24(5)13-14;/h11,13,15-17H,6-10,12H2,1-5H3,(H2,19,20,22);1H. The Morgan fingerprint density at radius 3 is 2.78 bits per heavy atom. The van der Waals surface area contributed by atoms with Gasteiger partial charge in [-0.1, -0.05) is 13.3 Å². The Hall–Kier alpha value is -0.680. The van der Waals surface area contributed by atoms with Crippen molar-refractivity contribution in [3.63, 3.8) is 0 Å². The van der Waals surface area contributed by atoms with E-state index in [0.717, 1.165) is 43.9 Å². The number of nitrogens with zero attached hydrogens (tertiary/aromatic N) is 4.